The summed E-state index contributed by atoms with van der Waals surface area (Å²) in [4.78, 5) is 1.41. The zero-order valence-electron chi connectivity index (χ0n) is 16.3. The summed E-state index contributed by atoms with van der Waals surface area (Å²) in [7, 11) is -3.62. The number of rotatable bonds is 6. The topological polar surface area (TPSA) is 64.0 Å². The molecule has 1 N–H and O–H groups in total. The van der Waals surface area contributed by atoms with E-state index in [0.29, 0.717) is 4.90 Å². The Hall–Kier alpha value is -1.96. The largest absolute Gasteiger partial charge is 0.260 e. The molecule has 0 bridgehead atoms. The number of nitrogens with one attached hydrogen (secondary N) is 1. The lowest BCUT2D eigenvalue weighted by atomic mass is 10.1. The highest BCUT2D eigenvalue weighted by Crippen LogP contribution is 2.25. The van der Waals surface area contributed by atoms with Crippen molar-refractivity contribution in [1.29, 1.82) is 0 Å². The van der Waals surface area contributed by atoms with Crippen molar-refractivity contribution in [1.82, 2.24) is 14.5 Å². The Kier molecular flexibility index (Phi) is 5.55. The SMILES string of the molecule is Cc1cc(C)n(C(CNS(=O)(=O)c2cc(C)c(C)cc2C)c2cccs2)n1. The molecule has 3 aromatic rings. The number of aryl methyl sites for hydroxylation is 5. The lowest BCUT2D eigenvalue weighted by Gasteiger charge is -2.19. The fourth-order valence-electron chi connectivity index (χ4n) is 3.24. The van der Waals surface area contributed by atoms with Crippen LogP contribution < -0.4 is 4.72 Å². The van der Waals surface area contributed by atoms with E-state index in [9.17, 15) is 8.42 Å². The highest BCUT2D eigenvalue weighted by molar-refractivity contribution is 7.89. The van der Waals surface area contributed by atoms with Crippen molar-refractivity contribution in [2.45, 2.75) is 45.6 Å². The third kappa shape index (κ3) is 4.15. The monoisotopic (exact) mass is 403 g/mol. The van der Waals surface area contributed by atoms with Gasteiger partial charge in [-0.15, -0.1) is 11.3 Å². The molecule has 0 saturated carbocycles. The minimum atomic E-state index is -3.62. The van der Waals surface area contributed by atoms with Crippen molar-refractivity contribution in [2.75, 3.05) is 6.54 Å². The molecule has 27 heavy (non-hydrogen) atoms. The molecular weight excluding hydrogens is 378 g/mol. The van der Waals surface area contributed by atoms with E-state index in [1.165, 1.54) is 0 Å². The smallest absolute Gasteiger partial charge is 0.240 e. The van der Waals surface area contributed by atoms with E-state index >= 15 is 0 Å². The highest BCUT2D eigenvalue weighted by atomic mass is 32.2. The summed E-state index contributed by atoms with van der Waals surface area (Å²) < 4.78 is 30.7. The number of hydrogen-bond donors (Lipinski definition) is 1. The van der Waals surface area contributed by atoms with Crippen LogP contribution in [0.4, 0.5) is 0 Å². The standard InChI is InChI=1S/C20H25N3O2S2/c1-13-9-15(3)20(10-14(13)2)27(24,25)21-12-18(19-7-6-8-26-19)23-17(5)11-16(4)22-23/h6-11,18,21H,12H2,1-5H3. The van der Waals surface area contributed by atoms with Crippen LogP contribution in [-0.2, 0) is 10.0 Å². The van der Waals surface area contributed by atoms with Crippen LogP contribution in [-0.4, -0.2) is 24.7 Å². The molecule has 3 rings (SSSR count). The maximum Gasteiger partial charge on any atom is 0.240 e. The summed E-state index contributed by atoms with van der Waals surface area (Å²) in [6, 6.07) is 9.48. The van der Waals surface area contributed by atoms with Crippen molar-refractivity contribution < 1.29 is 8.42 Å². The first-order chi connectivity index (χ1) is 12.7. The molecule has 0 radical (unpaired) electrons. The minimum absolute atomic E-state index is 0.180. The number of thiophene rings is 1. The van der Waals surface area contributed by atoms with Crippen LogP contribution in [0.5, 0.6) is 0 Å². The van der Waals surface area contributed by atoms with Crippen LogP contribution >= 0.6 is 11.3 Å². The van der Waals surface area contributed by atoms with Gasteiger partial charge in [0.1, 0.15) is 0 Å². The molecule has 0 amide bonds. The number of aromatic nitrogens is 2. The Balaban J connectivity index is 1.92. The van der Waals surface area contributed by atoms with Gasteiger partial charge in [-0.3, -0.25) is 4.68 Å². The second-order valence-corrected chi connectivity index (χ2v) is 9.67. The molecule has 0 fully saturated rings. The van der Waals surface area contributed by atoms with E-state index in [2.05, 4.69) is 9.82 Å². The summed E-state index contributed by atoms with van der Waals surface area (Å²) in [5.74, 6) is 0. The normalized spacial score (nSPS) is 13.1. The zero-order valence-corrected chi connectivity index (χ0v) is 17.9. The molecule has 1 atom stereocenters. The van der Waals surface area contributed by atoms with Crippen molar-refractivity contribution in [2.24, 2.45) is 0 Å². The molecule has 1 unspecified atom stereocenters. The third-order valence-corrected chi connectivity index (χ3v) is 7.30. The quantitative estimate of drug-likeness (QED) is 0.675. The van der Waals surface area contributed by atoms with Gasteiger partial charge in [0.2, 0.25) is 10.0 Å². The van der Waals surface area contributed by atoms with E-state index in [-0.39, 0.29) is 12.6 Å². The van der Waals surface area contributed by atoms with Gasteiger partial charge in [-0.05, 0) is 74.9 Å². The Labute approximate surface area is 165 Å². The number of benzene rings is 1. The number of hydrogen-bond acceptors (Lipinski definition) is 4. The highest BCUT2D eigenvalue weighted by Gasteiger charge is 2.23. The molecule has 0 aliphatic heterocycles. The van der Waals surface area contributed by atoms with Crippen LogP contribution in [0.2, 0.25) is 0 Å². The molecule has 2 aromatic heterocycles. The van der Waals surface area contributed by atoms with E-state index < -0.39 is 10.0 Å². The molecule has 0 saturated heterocycles. The Bertz CT molecular complexity index is 1050. The Morgan fingerprint density at radius 3 is 2.37 bits per heavy atom. The van der Waals surface area contributed by atoms with Gasteiger partial charge in [0, 0.05) is 17.1 Å². The van der Waals surface area contributed by atoms with Gasteiger partial charge in [-0.2, -0.15) is 5.10 Å². The maximum absolute atomic E-state index is 13.0. The fourth-order valence-corrected chi connectivity index (χ4v) is 5.40. The molecule has 7 heteroatoms. The van der Waals surface area contributed by atoms with E-state index in [1.807, 2.05) is 68.9 Å². The van der Waals surface area contributed by atoms with Gasteiger partial charge in [0.05, 0.1) is 16.6 Å². The Morgan fingerprint density at radius 2 is 1.78 bits per heavy atom. The number of sulfonamides is 1. The molecule has 144 valence electrons. The summed E-state index contributed by atoms with van der Waals surface area (Å²) >= 11 is 1.60. The second kappa shape index (κ2) is 7.58. The molecule has 1 aromatic carbocycles. The van der Waals surface area contributed by atoms with Crippen LogP contribution in [0.15, 0.2) is 40.6 Å². The zero-order chi connectivity index (χ0) is 19.8. The Morgan fingerprint density at radius 1 is 1.07 bits per heavy atom. The molecule has 2 heterocycles. The molecule has 5 nitrogen and oxygen atoms in total. The molecular formula is C20H25N3O2S2. The van der Waals surface area contributed by atoms with Crippen LogP contribution in [0.25, 0.3) is 0 Å². The fraction of sp³-hybridized carbons (Fsp3) is 0.350. The van der Waals surface area contributed by atoms with Crippen molar-refractivity contribution >= 4 is 21.4 Å². The molecule has 0 aliphatic rings. The predicted molar refractivity (Wildman–Crippen MR) is 110 cm³/mol. The average molecular weight is 404 g/mol. The van der Waals surface area contributed by atoms with E-state index in [4.69, 9.17) is 0 Å². The van der Waals surface area contributed by atoms with Crippen LogP contribution in [0.1, 0.15) is 39.0 Å². The predicted octanol–water partition coefficient (Wildman–Crippen LogP) is 4.05. The van der Waals surface area contributed by atoms with Crippen molar-refractivity contribution in [3.63, 3.8) is 0 Å². The summed E-state index contributed by atoms with van der Waals surface area (Å²) in [5, 5.41) is 6.57. The second-order valence-electron chi connectivity index (χ2n) is 6.96. The van der Waals surface area contributed by atoms with Crippen molar-refractivity contribution in [3.05, 3.63) is 68.7 Å². The average Bonchev–Trinajstić information content (AvgIpc) is 3.21. The minimum Gasteiger partial charge on any atom is -0.260 e. The van der Waals surface area contributed by atoms with Gasteiger partial charge >= 0.3 is 0 Å². The summed E-state index contributed by atoms with van der Waals surface area (Å²) in [6.07, 6.45) is 0. The first-order valence-electron chi connectivity index (χ1n) is 8.82. The van der Waals surface area contributed by atoms with Crippen LogP contribution in [0, 0.1) is 34.6 Å². The van der Waals surface area contributed by atoms with Gasteiger partial charge in [-0.25, -0.2) is 13.1 Å². The lowest BCUT2D eigenvalue weighted by molar-refractivity contribution is 0.499. The van der Waals surface area contributed by atoms with E-state index in [1.54, 1.807) is 17.4 Å². The van der Waals surface area contributed by atoms with Crippen molar-refractivity contribution in [3.8, 4) is 0 Å². The van der Waals surface area contributed by atoms with Gasteiger partial charge in [-0.1, -0.05) is 12.1 Å². The summed E-state index contributed by atoms with van der Waals surface area (Å²) in [5.41, 5.74) is 4.73. The molecule has 0 spiro atoms. The van der Waals surface area contributed by atoms with Gasteiger partial charge in [0.25, 0.3) is 0 Å². The van der Waals surface area contributed by atoms with Crippen LogP contribution in [0.3, 0.4) is 0 Å². The molecule has 0 aliphatic carbocycles. The van der Waals surface area contributed by atoms with Gasteiger partial charge < -0.3 is 0 Å². The maximum atomic E-state index is 13.0. The third-order valence-electron chi connectivity index (χ3n) is 4.76. The lowest BCUT2D eigenvalue weighted by Crippen LogP contribution is -2.32. The number of nitrogens with zero attached hydrogens (tertiary/aromatic N) is 2. The first kappa shape index (κ1) is 19.8. The van der Waals surface area contributed by atoms with Gasteiger partial charge in [0.15, 0.2) is 0 Å². The van der Waals surface area contributed by atoms with E-state index in [0.717, 1.165) is 33.0 Å². The summed E-state index contributed by atoms with van der Waals surface area (Å²) in [6.45, 7) is 9.93. The first-order valence-corrected chi connectivity index (χ1v) is 11.2.